The van der Waals surface area contributed by atoms with Gasteiger partial charge in [-0.2, -0.15) is 0 Å². The van der Waals surface area contributed by atoms with E-state index in [0.29, 0.717) is 13.0 Å². The van der Waals surface area contributed by atoms with E-state index in [0.717, 1.165) is 0 Å². The molecule has 0 aliphatic rings. The summed E-state index contributed by atoms with van der Waals surface area (Å²) in [5.74, 6) is 0.204. The predicted molar refractivity (Wildman–Crippen MR) is 34.3 cm³/mol. The molecule has 0 spiro atoms. The zero-order valence-electron chi connectivity index (χ0n) is 5.35. The number of carbonyl (C=O) groups excluding carboxylic acids is 1. The van der Waals surface area contributed by atoms with Crippen LogP contribution in [0.2, 0.25) is 0 Å². The minimum atomic E-state index is 0.204. The summed E-state index contributed by atoms with van der Waals surface area (Å²) in [6, 6.07) is 0. The van der Waals surface area contributed by atoms with Crippen molar-refractivity contribution in [3.05, 3.63) is 0 Å². The van der Waals surface area contributed by atoms with Gasteiger partial charge in [0.1, 0.15) is 5.78 Å². The molecule has 0 aromatic carbocycles. The van der Waals surface area contributed by atoms with E-state index in [2.05, 4.69) is 4.99 Å². The summed E-state index contributed by atoms with van der Waals surface area (Å²) in [7, 11) is 0. The predicted octanol–water partition coefficient (Wildman–Crippen LogP) is 1.06. The Hall–Kier alpha value is -0.660. The Morgan fingerprint density at radius 2 is 2.38 bits per heavy atom. The Bertz CT molecular complexity index is 96.7. The maximum Gasteiger partial charge on any atom is 0.131 e. The molecule has 0 bridgehead atoms. The first-order valence-electron chi connectivity index (χ1n) is 2.71. The highest BCUT2D eigenvalue weighted by Gasteiger charge is 1.86. The summed E-state index contributed by atoms with van der Waals surface area (Å²) in [6.45, 7) is 4.07. The lowest BCUT2D eigenvalue weighted by Gasteiger charge is -1.84. The van der Waals surface area contributed by atoms with Crippen LogP contribution in [-0.4, -0.2) is 18.5 Å². The monoisotopic (exact) mass is 113 g/mol. The molecule has 0 unspecified atom stereocenters. The number of Topliss-reactive ketones (excluding diaryl/α,β-unsaturated/α-hetero) is 1. The van der Waals surface area contributed by atoms with E-state index in [4.69, 9.17) is 0 Å². The lowest BCUT2D eigenvalue weighted by molar-refractivity contribution is -0.116. The second kappa shape index (κ2) is 4.50. The molecule has 0 amide bonds. The molecular formula is C6H11NO. The first kappa shape index (κ1) is 7.34. The van der Waals surface area contributed by atoms with Crippen molar-refractivity contribution in [3.63, 3.8) is 0 Å². The van der Waals surface area contributed by atoms with Crippen molar-refractivity contribution in [2.75, 3.05) is 6.54 Å². The number of carbonyl (C=O) groups is 1. The van der Waals surface area contributed by atoms with Crippen molar-refractivity contribution in [2.24, 2.45) is 4.99 Å². The summed E-state index contributed by atoms with van der Waals surface area (Å²) in [6.07, 6.45) is 2.28. The number of rotatable bonds is 3. The topological polar surface area (TPSA) is 29.4 Å². The van der Waals surface area contributed by atoms with Crippen LogP contribution in [0.1, 0.15) is 20.3 Å². The van der Waals surface area contributed by atoms with Gasteiger partial charge in [0.05, 0.1) is 0 Å². The van der Waals surface area contributed by atoms with Crippen molar-refractivity contribution in [3.8, 4) is 0 Å². The molecule has 46 valence electrons. The van der Waals surface area contributed by atoms with Gasteiger partial charge in [-0.3, -0.25) is 9.79 Å². The van der Waals surface area contributed by atoms with Crippen molar-refractivity contribution in [1.82, 2.24) is 0 Å². The molecule has 0 N–H and O–H groups in total. The summed E-state index contributed by atoms with van der Waals surface area (Å²) in [5.41, 5.74) is 0. The Labute approximate surface area is 49.6 Å². The highest BCUT2D eigenvalue weighted by Crippen LogP contribution is 1.80. The molecule has 0 aliphatic carbocycles. The van der Waals surface area contributed by atoms with Crippen LogP contribution >= 0.6 is 0 Å². The lowest BCUT2D eigenvalue weighted by Crippen LogP contribution is -1.91. The van der Waals surface area contributed by atoms with Crippen LogP contribution in [0, 0.1) is 0 Å². The van der Waals surface area contributed by atoms with Gasteiger partial charge < -0.3 is 0 Å². The second-order valence-electron chi connectivity index (χ2n) is 1.62. The standard InChI is InChI=1S/C6H11NO/c1-3-7-5-4-6(2)8/h3H,4-5H2,1-2H3. The van der Waals surface area contributed by atoms with Crippen molar-refractivity contribution in [2.45, 2.75) is 20.3 Å². The third kappa shape index (κ3) is 5.34. The highest BCUT2D eigenvalue weighted by molar-refractivity contribution is 5.75. The van der Waals surface area contributed by atoms with Crippen LogP contribution in [0.25, 0.3) is 0 Å². The molecule has 0 aromatic heterocycles. The smallest absolute Gasteiger partial charge is 0.131 e. The van der Waals surface area contributed by atoms with E-state index in [-0.39, 0.29) is 5.78 Å². The van der Waals surface area contributed by atoms with E-state index in [1.54, 1.807) is 13.1 Å². The average molecular weight is 113 g/mol. The van der Waals surface area contributed by atoms with Crippen molar-refractivity contribution < 1.29 is 4.79 Å². The zero-order chi connectivity index (χ0) is 6.41. The molecule has 0 atom stereocenters. The molecule has 0 saturated carbocycles. The highest BCUT2D eigenvalue weighted by atomic mass is 16.1. The van der Waals surface area contributed by atoms with Gasteiger partial charge in [0, 0.05) is 13.0 Å². The summed E-state index contributed by atoms with van der Waals surface area (Å²) >= 11 is 0. The fourth-order valence-corrected chi connectivity index (χ4v) is 0.351. The molecule has 8 heavy (non-hydrogen) atoms. The lowest BCUT2D eigenvalue weighted by atomic mass is 10.3. The van der Waals surface area contributed by atoms with Crippen LogP contribution < -0.4 is 0 Å². The van der Waals surface area contributed by atoms with Crippen molar-refractivity contribution in [1.29, 1.82) is 0 Å². The number of aliphatic imine (C=N–C) groups is 1. The summed E-state index contributed by atoms with van der Waals surface area (Å²) in [5, 5.41) is 0. The Balaban J connectivity index is 3.05. The van der Waals surface area contributed by atoms with Crippen LogP contribution in [0.4, 0.5) is 0 Å². The van der Waals surface area contributed by atoms with Gasteiger partial charge in [-0.25, -0.2) is 0 Å². The minimum Gasteiger partial charge on any atom is -0.300 e. The van der Waals surface area contributed by atoms with E-state index in [1.807, 2.05) is 6.92 Å². The van der Waals surface area contributed by atoms with Crippen molar-refractivity contribution >= 4 is 12.0 Å². The second-order valence-corrected chi connectivity index (χ2v) is 1.62. The first-order chi connectivity index (χ1) is 3.77. The molecular weight excluding hydrogens is 102 g/mol. The quantitative estimate of drug-likeness (QED) is 0.503. The largest absolute Gasteiger partial charge is 0.300 e. The Morgan fingerprint density at radius 3 is 2.75 bits per heavy atom. The number of hydrogen-bond acceptors (Lipinski definition) is 2. The zero-order valence-corrected chi connectivity index (χ0v) is 5.35. The third-order valence-electron chi connectivity index (χ3n) is 0.776. The van der Waals surface area contributed by atoms with E-state index >= 15 is 0 Å². The molecule has 0 saturated heterocycles. The number of nitrogens with zero attached hydrogens (tertiary/aromatic N) is 1. The van der Waals surface area contributed by atoms with Gasteiger partial charge in [0.25, 0.3) is 0 Å². The van der Waals surface area contributed by atoms with E-state index < -0.39 is 0 Å². The third-order valence-corrected chi connectivity index (χ3v) is 0.776. The Morgan fingerprint density at radius 1 is 1.75 bits per heavy atom. The maximum absolute atomic E-state index is 10.2. The molecule has 2 heteroatoms. The number of ketones is 1. The first-order valence-corrected chi connectivity index (χ1v) is 2.71. The van der Waals surface area contributed by atoms with Crippen LogP contribution in [0.15, 0.2) is 4.99 Å². The van der Waals surface area contributed by atoms with Crippen LogP contribution in [-0.2, 0) is 4.79 Å². The van der Waals surface area contributed by atoms with Gasteiger partial charge >= 0.3 is 0 Å². The van der Waals surface area contributed by atoms with Crippen LogP contribution in [0.3, 0.4) is 0 Å². The molecule has 0 aromatic rings. The number of hydrogen-bond donors (Lipinski definition) is 0. The molecule has 0 fully saturated rings. The van der Waals surface area contributed by atoms with Gasteiger partial charge in [0.2, 0.25) is 0 Å². The van der Waals surface area contributed by atoms with E-state index in [1.165, 1.54) is 0 Å². The minimum absolute atomic E-state index is 0.204. The van der Waals surface area contributed by atoms with Gasteiger partial charge in [-0.1, -0.05) is 0 Å². The Kier molecular flexibility index (Phi) is 4.13. The summed E-state index contributed by atoms with van der Waals surface area (Å²) in [4.78, 5) is 14.1. The maximum atomic E-state index is 10.2. The fraction of sp³-hybridized carbons (Fsp3) is 0.667. The summed E-state index contributed by atoms with van der Waals surface area (Å²) < 4.78 is 0. The van der Waals surface area contributed by atoms with Gasteiger partial charge in [-0.05, 0) is 20.1 Å². The van der Waals surface area contributed by atoms with Crippen LogP contribution in [0.5, 0.6) is 0 Å². The fourth-order valence-electron chi connectivity index (χ4n) is 0.351. The normalized spacial score (nSPS) is 10.2. The molecule has 0 aliphatic heterocycles. The molecule has 0 heterocycles. The van der Waals surface area contributed by atoms with Gasteiger partial charge in [0.15, 0.2) is 0 Å². The molecule has 0 radical (unpaired) electrons. The molecule has 2 nitrogen and oxygen atoms in total. The van der Waals surface area contributed by atoms with Gasteiger partial charge in [-0.15, -0.1) is 0 Å². The average Bonchev–Trinajstić information content (AvgIpc) is 1.66. The SMILES string of the molecule is CC=NCCC(C)=O. The van der Waals surface area contributed by atoms with E-state index in [9.17, 15) is 4.79 Å². The molecule has 0 rings (SSSR count).